The third kappa shape index (κ3) is 3.08. The van der Waals surface area contributed by atoms with Gasteiger partial charge in [0.1, 0.15) is 12.2 Å². The van der Waals surface area contributed by atoms with E-state index in [9.17, 15) is 9.59 Å². The van der Waals surface area contributed by atoms with Gasteiger partial charge >= 0.3 is 0 Å². The van der Waals surface area contributed by atoms with E-state index >= 15 is 0 Å². The highest BCUT2D eigenvalue weighted by molar-refractivity contribution is 5.94. The van der Waals surface area contributed by atoms with Crippen LogP contribution in [0.4, 0.5) is 0 Å². The molecular weight excluding hydrogens is 332 g/mol. The maximum absolute atomic E-state index is 12.5. The monoisotopic (exact) mass is 348 g/mol. The Morgan fingerprint density at radius 3 is 2.88 bits per heavy atom. The van der Waals surface area contributed by atoms with Gasteiger partial charge in [0, 0.05) is 31.2 Å². The Hall–Kier alpha value is -3.42. The maximum Gasteiger partial charge on any atom is 0.254 e. The van der Waals surface area contributed by atoms with Crippen molar-refractivity contribution in [3.63, 3.8) is 0 Å². The summed E-state index contributed by atoms with van der Waals surface area (Å²) in [5.74, 6) is 0.313. The molecule has 1 aliphatic heterocycles. The van der Waals surface area contributed by atoms with E-state index in [2.05, 4.69) is 25.3 Å². The van der Waals surface area contributed by atoms with E-state index in [4.69, 9.17) is 0 Å². The molecule has 1 atom stereocenters. The summed E-state index contributed by atoms with van der Waals surface area (Å²) in [6, 6.07) is 6.23. The average molecular weight is 348 g/mol. The number of hydrogen-bond acceptors (Lipinski definition) is 6. The van der Waals surface area contributed by atoms with Crippen LogP contribution in [0.15, 0.2) is 54.0 Å². The van der Waals surface area contributed by atoms with Gasteiger partial charge in [-0.2, -0.15) is 0 Å². The lowest BCUT2D eigenvalue weighted by molar-refractivity contribution is 0.0927. The molecule has 26 heavy (non-hydrogen) atoms. The molecule has 0 saturated heterocycles. The van der Waals surface area contributed by atoms with Crippen LogP contribution < -0.4 is 10.9 Å². The van der Waals surface area contributed by atoms with Gasteiger partial charge in [0.2, 0.25) is 0 Å². The quantitative estimate of drug-likeness (QED) is 0.767. The third-order valence-corrected chi connectivity index (χ3v) is 4.30. The smallest absolute Gasteiger partial charge is 0.254 e. The second kappa shape index (κ2) is 6.83. The minimum absolute atomic E-state index is 0.149. The Balaban J connectivity index is 1.70. The number of nitrogens with one attached hydrogen (secondary N) is 1. The summed E-state index contributed by atoms with van der Waals surface area (Å²) in [6.45, 7) is 0.588. The van der Waals surface area contributed by atoms with E-state index in [-0.39, 0.29) is 17.5 Å². The normalized spacial score (nSPS) is 15.9. The van der Waals surface area contributed by atoms with Gasteiger partial charge in [0.25, 0.3) is 11.5 Å². The molecule has 1 aliphatic rings. The molecule has 0 aliphatic carbocycles. The molecule has 0 radical (unpaired) electrons. The Morgan fingerprint density at radius 1 is 1.19 bits per heavy atom. The second-order valence-corrected chi connectivity index (χ2v) is 5.99. The summed E-state index contributed by atoms with van der Waals surface area (Å²) < 4.78 is 1.61. The minimum atomic E-state index is -0.342. The Bertz CT molecular complexity index is 988. The summed E-state index contributed by atoms with van der Waals surface area (Å²) in [7, 11) is 0. The molecule has 0 spiro atoms. The predicted molar refractivity (Wildman–Crippen MR) is 93.2 cm³/mol. The SMILES string of the molecule is O=C(NC1CCCn2c1nc(-c1ccncn1)cc2=O)c1cccnc1. The molecule has 3 aromatic heterocycles. The lowest BCUT2D eigenvalue weighted by Crippen LogP contribution is -2.38. The fourth-order valence-electron chi connectivity index (χ4n) is 3.05. The fraction of sp³-hybridized carbons (Fsp3) is 0.222. The first-order valence-electron chi connectivity index (χ1n) is 8.31. The van der Waals surface area contributed by atoms with E-state index in [1.165, 1.54) is 18.6 Å². The number of nitrogens with zero attached hydrogens (tertiary/aromatic N) is 5. The van der Waals surface area contributed by atoms with Gasteiger partial charge in [-0.25, -0.2) is 15.0 Å². The summed E-state index contributed by atoms with van der Waals surface area (Å²) in [4.78, 5) is 41.6. The number of amides is 1. The summed E-state index contributed by atoms with van der Waals surface area (Å²) in [5.41, 5.74) is 1.37. The van der Waals surface area contributed by atoms with Crippen molar-refractivity contribution in [1.29, 1.82) is 0 Å². The number of fused-ring (bicyclic) bond motifs is 1. The van der Waals surface area contributed by atoms with Gasteiger partial charge in [0.15, 0.2) is 0 Å². The summed E-state index contributed by atoms with van der Waals surface area (Å²) in [6.07, 6.45) is 7.64. The Labute approximate surface area is 149 Å². The van der Waals surface area contributed by atoms with Crippen LogP contribution in [0, 0.1) is 0 Å². The van der Waals surface area contributed by atoms with E-state index < -0.39 is 0 Å². The molecule has 130 valence electrons. The van der Waals surface area contributed by atoms with Gasteiger partial charge in [-0.1, -0.05) is 0 Å². The fourth-order valence-corrected chi connectivity index (χ4v) is 3.05. The molecule has 1 unspecified atom stereocenters. The third-order valence-electron chi connectivity index (χ3n) is 4.30. The Kier molecular flexibility index (Phi) is 4.22. The first kappa shape index (κ1) is 16.1. The van der Waals surface area contributed by atoms with E-state index in [0.29, 0.717) is 35.7 Å². The highest BCUT2D eigenvalue weighted by Gasteiger charge is 2.25. The van der Waals surface area contributed by atoms with E-state index in [1.807, 2.05) is 0 Å². The van der Waals surface area contributed by atoms with Gasteiger partial charge in [-0.15, -0.1) is 0 Å². The zero-order valence-electron chi connectivity index (χ0n) is 13.9. The number of rotatable bonds is 3. The number of carbonyl (C=O) groups excluding carboxylic acids is 1. The van der Waals surface area contributed by atoms with Crippen LogP contribution in [0.5, 0.6) is 0 Å². The first-order chi connectivity index (χ1) is 12.7. The standard InChI is InChI=1S/C18H16N6O2/c25-16-9-15(13-5-7-20-11-21-13)22-17-14(4-2-8-24(16)17)23-18(26)12-3-1-6-19-10-12/h1,3,5-7,9-11,14H,2,4,8H2,(H,23,26). The van der Waals surface area contributed by atoms with Crippen LogP contribution in [0.3, 0.4) is 0 Å². The summed E-state index contributed by atoms with van der Waals surface area (Å²) >= 11 is 0. The predicted octanol–water partition coefficient (Wildman–Crippen LogP) is 1.36. The zero-order chi connectivity index (χ0) is 17.9. The van der Waals surface area contributed by atoms with Gasteiger partial charge in [0.05, 0.1) is 23.0 Å². The molecule has 4 heterocycles. The van der Waals surface area contributed by atoms with Crippen LogP contribution in [-0.4, -0.2) is 30.4 Å². The van der Waals surface area contributed by atoms with E-state index in [0.717, 1.165) is 6.42 Å². The molecular formula is C18H16N6O2. The second-order valence-electron chi connectivity index (χ2n) is 5.99. The van der Waals surface area contributed by atoms with Crippen LogP contribution in [0.2, 0.25) is 0 Å². The van der Waals surface area contributed by atoms with Crippen molar-refractivity contribution >= 4 is 5.91 Å². The number of carbonyl (C=O) groups is 1. The minimum Gasteiger partial charge on any atom is -0.342 e. The van der Waals surface area contributed by atoms with Gasteiger partial charge < -0.3 is 5.32 Å². The molecule has 4 rings (SSSR count). The van der Waals surface area contributed by atoms with Crippen molar-refractivity contribution < 1.29 is 4.79 Å². The molecule has 3 aromatic rings. The molecule has 8 nitrogen and oxygen atoms in total. The van der Waals surface area contributed by atoms with E-state index in [1.54, 1.807) is 35.2 Å². The average Bonchev–Trinajstić information content (AvgIpc) is 2.70. The van der Waals surface area contributed by atoms with Gasteiger partial charge in [-0.05, 0) is 31.0 Å². The largest absolute Gasteiger partial charge is 0.342 e. The molecule has 0 saturated carbocycles. The van der Waals surface area contributed by atoms with Crippen molar-refractivity contribution in [1.82, 2.24) is 29.8 Å². The number of pyridine rings is 1. The van der Waals surface area contributed by atoms with Crippen LogP contribution in [0.25, 0.3) is 11.4 Å². The number of aromatic nitrogens is 5. The molecule has 0 bridgehead atoms. The molecule has 8 heteroatoms. The van der Waals surface area contributed by atoms with Crippen LogP contribution >= 0.6 is 0 Å². The topological polar surface area (TPSA) is 103 Å². The lowest BCUT2D eigenvalue weighted by Gasteiger charge is -2.26. The summed E-state index contributed by atoms with van der Waals surface area (Å²) in [5, 5.41) is 2.96. The first-order valence-corrected chi connectivity index (χ1v) is 8.31. The van der Waals surface area contributed by atoms with Crippen molar-refractivity contribution in [3.05, 3.63) is 70.9 Å². The Morgan fingerprint density at radius 2 is 2.12 bits per heavy atom. The highest BCUT2D eigenvalue weighted by Crippen LogP contribution is 2.24. The van der Waals surface area contributed by atoms with Crippen LogP contribution in [0.1, 0.15) is 35.1 Å². The van der Waals surface area contributed by atoms with Gasteiger partial charge in [-0.3, -0.25) is 19.1 Å². The molecule has 1 amide bonds. The molecule has 0 aromatic carbocycles. The maximum atomic E-state index is 12.5. The van der Waals surface area contributed by atoms with Crippen molar-refractivity contribution in [2.75, 3.05) is 0 Å². The highest BCUT2D eigenvalue weighted by atomic mass is 16.2. The number of hydrogen-bond donors (Lipinski definition) is 1. The zero-order valence-corrected chi connectivity index (χ0v) is 13.9. The lowest BCUT2D eigenvalue weighted by atomic mass is 10.1. The van der Waals surface area contributed by atoms with Crippen molar-refractivity contribution in [3.8, 4) is 11.4 Å². The van der Waals surface area contributed by atoms with Crippen molar-refractivity contribution in [2.24, 2.45) is 0 Å². The molecule has 0 fully saturated rings. The van der Waals surface area contributed by atoms with Crippen molar-refractivity contribution in [2.45, 2.75) is 25.4 Å². The van der Waals surface area contributed by atoms with Crippen LogP contribution in [-0.2, 0) is 6.54 Å². The molecule has 1 N–H and O–H groups in total.